The molecule has 1 unspecified atom stereocenters. The van der Waals surface area contributed by atoms with E-state index in [0.717, 1.165) is 12.8 Å². The first-order valence-corrected chi connectivity index (χ1v) is 7.91. The smallest absolute Gasteiger partial charge is 0.230 e. The minimum atomic E-state index is -0.198. The lowest BCUT2D eigenvalue weighted by Crippen LogP contribution is -2.26. The number of aromatic nitrogens is 2. The number of nitrogens with zero attached hydrogens (tertiary/aromatic N) is 2. The van der Waals surface area contributed by atoms with Crippen LogP contribution in [0.2, 0.25) is 0 Å². The molecule has 3 rings (SSSR count). The molecule has 1 heterocycles. The fraction of sp³-hybridized carbons (Fsp3) is 0.867. The quantitative estimate of drug-likeness (QED) is 0.898. The average Bonchev–Trinajstić information content (AvgIpc) is 2.91. The zero-order chi connectivity index (χ0) is 13.9. The van der Waals surface area contributed by atoms with Gasteiger partial charge in [-0.1, -0.05) is 24.4 Å². The number of rotatable bonds is 5. The first kappa shape index (κ1) is 14.0. The van der Waals surface area contributed by atoms with Crippen LogP contribution in [0.5, 0.6) is 0 Å². The van der Waals surface area contributed by atoms with Gasteiger partial charge in [0.1, 0.15) is 6.10 Å². The van der Waals surface area contributed by atoms with E-state index in [1.807, 2.05) is 6.92 Å². The molecule has 0 amide bonds. The highest BCUT2D eigenvalue weighted by Gasteiger charge is 2.35. The topological polar surface area (TPSA) is 68.4 Å². The van der Waals surface area contributed by atoms with E-state index < -0.39 is 0 Å². The average molecular weight is 280 g/mol. The molecule has 0 saturated heterocycles. The van der Waals surface area contributed by atoms with Crippen LogP contribution in [0.25, 0.3) is 0 Å². The van der Waals surface area contributed by atoms with E-state index in [0.29, 0.717) is 24.2 Å². The maximum atomic E-state index is 9.37. The van der Waals surface area contributed by atoms with Gasteiger partial charge in [-0.2, -0.15) is 4.98 Å². The molecule has 1 aromatic heterocycles. The number of ether oxygens (including phenoxy) is 1. The van der Waals surface area contributed by atoms with E-state index in [1.165, 1.54) is 32.1 Å². The van der Waals surface area contributed by atoms with Gasteiger partial charge in [0.2, 0.25) is 11.7 Å². The van der Waals surface area contributed by atoms with Crippen molar-refractivity contribution in [3.05, 3.63) is 11.7 Å². The van der Waals surface area contributed by atoms with Crippen LogP contribution in [-0.4, -0.2) is 28.0 Å². The number of hydrogen-bond donors (Lipinski definition) is 1. The molecule has 0 spiro atoms. The van der Waals surface area contributed by atoms with Crippen molar-refractivity contribution in [2.75, 3.05) is 6.61 Å². The van der Waals surface area contributed by atoms with Gasteiger partial charge in [0.05, 0.1) is 6.10 Å². The molecule has 2 aliphatic rings. The molecular weight excluding hydrogens is 256 g/mol. The predicted molar refractivity (Wildman–Crippen MR) is 73.2 cm³/mol. The normalized spacial score (nSPS) is 29.1. The van der Waals surface area contributed by atoms with Crippen LogP contribution in [0.1, 0.15) is 75.6 Å². The Hall–Kier alpha value is -0.940. The number of aliphatic hydroxyl groups is 1. The Kier molecular flexibility index (Phi) is 4.36. The fourth-order valence-electron chi connectivity index (χ4n) is 3.36. The van der Waals surface area contributed by atoms with Gasteiger partial charge in [0.25, 0.3) is 0 Å². The SMILES string of the molecule is CCOC(c1noc(C2CC(O)C2)n1)C1CCCCC1. The molecule has 0 radical (unpaired) electrons. The molecule has 5 nitrogen and oxygen atoms in total. The lowest BCUT2D eigenvalue weighted by Gasteiger charge is -2.28. The summed E-state index contributed by atoms with van der Waals surface area (Å²) in [5.41, 5.74) is 0. The Labute approximate surface area is 119 Å². The molecule has 0 aliphatic heterocycles. The minimum Gasteiger partial charge on any atom is -0.393 e. The van der Waals surface area contributed by atoms with Crippen molar-refractivity contribution in [1.29, 1.82) is 0 Å². The highest BCUT2D eigenvalue weighted by atomic mass is 16.5. The summed E-state index contributed by atoms with van der Waals surface area (Å²) in [4.78, 5) is 4.55. The van der Waals surface area contributed by atoms with Gasteiger partial charge in [-0.3, -0.25) is 0 Å². The van der Waals surface area contributed by atoms with Crippen LogP contribution < -0.4 is 0 Å². The molecule has 1 atom stereocenters. The van der Waals surface area contributed by atoms with Crippen LogP contribution >= 0.6 is 0 Å². The van der Waals surface area contributed by atoms with Crippen LogP contribution in [0.15, 0.2) is 4.52 Å². The van der Waals surface area contributed by atoms with Crippen molar-refractivity contribution in [3.8, 4) is 0 Å². The Morgan fingerprint density at radius 2 is 2.05 bits per heavy atom. The standard InChI is InChI=1S/C15H24N2O3/c1-2-19-13(10-6-4-3-5-7-10)14-16-15(20-17-14)11-8-12(18)9-11/h10-13,18H,2-9H2,1H3. The summed E-state index contributed by atoms with van der Waals surface area (Å²) in [6.07, 6.45) is 7.51. The Morgan fingerprint density at radius 3 is 2.70 bits per heavy atom. The largest absolute Gasteiger partial charge is 0.393 e. The molecule has 1 aromatic rings. The Bertz CT molecular complexity index is 423. The summed E-state index contributed by atoms with van der Waals surface area (Å²) in [6, 6.07) is 0. The van der Waals surface area contributed by atoms with Gasteiger partial charge < -0.3 is 14.4 Å². The molecule has 112 valence electrons. The van der Waals surface area contributed by atoms with E-state index in [9.17, 15) is 5.11 Å². The second-order valence-corrected chi connectivity index (χ2v) is 6.09. The molecule has 20 heavy (non-hydrogen) atoms. The molecule has 0 aromatic carbocycles. The van der Waals surface area contributed by atoms with Crippen LogP contribution in [0.4, 0.5) is 0 Å². The van der Waals surface area contributed by atoms with Gasteiger partial charge in [-0.15, -0.1) is 0 Å². The zero-order valence-corrected chi connectivity index (χ0v) is 12.1. The molecule has 2 aliphatic carbocycles. The molecule has 0 bridgehead atoms. The van der Waals surface area contributed by atoms with Crippen molar-refractivity contribution >= 4 is 0 Å². The molecule has 1 N–H and O–H groups in total. The summed E-state index contributed by atoms with van der Waals surface area (Å²) in [5, 5.41) is 13.5. The summed E-state index contributed by atoms with van der Waals surface area (Å²) >= 11 is 0. The van der Waals surface area contributed by atoms with Crippen LogP contribution in [0, 0.1) is 5.92 Å². The van der Waals surface area contributed by atoms with E-state index in [4.69, 9.17) is 9.26 Å². The van der Waals surface area contributed by atoms with Crippen LogP contribution in [0.3, 0.4) is 0 Å². The van der Waals surface area contributed by atoms with E-state index >= 15 is 0 Å². The minimum absolute atomic E-state index is 0.0252. The number of aliphatic hydroxyl groups excluding tert-OH is 1. The van der Waals surface area contributed by atoms with Gasteiger partial charge in [0, 0.05) is 12.5 Å². The van der Waals surface area contributed by atoms with Crippen molar-refractivity contribution in [3.63, 3.8) is 0 Å². The third kappa shape index (κ3) is 2.88. The maximum Gasteiger partial charge on any atom is 0.230 e. The van der Waals surface area contributed by atoms with E-state index in [1.54, 1.807) is 0 Å². The third-order valence-electron chi connectivity index (χ3n) is 4.60. The van der Waals surface area contributed by atoms with E-state index in [-0.39, 0.29) is 18.1 Å². The Balaban J connectivity index is 1.70. The monoisotopic (exact) mass is 280 g/mol. The van der Waals surface area contributed by atoms with Crippen molar-refractivity contribution in [1.82, 2.24) is 10.1 Å². The van der Waals surface area contributed by atoms with Crippen molar-refractivity contribution < 1.29 is 14.4 Å². The Morgan fingerprint density at radius 1 is 1.30 bits per heavy atom. The summed E-state index contributed by atoms with van der Waals surface area (Å²) < 4.78 is 11.3. The van der Waals surface area contributed by atoms with Crippen molar-refractivity contribution in [2.45, 2.75) is 70.0 Å². The van der Waals surface area contributed by atoms with Crippen molar-refractivity contribution in [2.24, 2.45) is 5.92 Å². The highest BCUT2D eigenvalue weighted by Crippen LogP contribution is 2.39. The number of hydrogen-bond acceptors (Lipinski definition) is 5. The molecule has 2 fully saturated rings. The predicted octanol–water partition coefficient (Wildman–Crippen LogP) is 2.97. The first-order chi connectivity index (χ1) is 9.78. The molecule has 2 saturated carbocycles. The van der Waals surface area contributed by atoms with E-state index in [2.05, 4.69) is 10.1 Å². The summed E-state index contributed by atoms with van der Waals surface area (Å²) in [6.45, 7) is 2.69. The van der Waals surface area contributed by atoms with Gasteiger partial charge in [-0.05, 0) is 38.5 Å². The summed E-state index contributed by atoms with van der Waals surface area (Å²) in [7, 11) is 0. The second-order valence-electron chi connectivity index (χ2n) is 6.09. The third-order valence-corrected chi connectivity index (χ3v) is 4.60. The van der Waals surface area contributed by atoms with Gasteiger partial charge in [0.15, 0.2) is 0 Å². The van der Waals surface area contributed by atoms with Gasteiger partial charge >= 0.3 is 0 Å². The maximum absolute atomic E-state index is 9.37. The lowest BCUT2D eigenvalue weighted by atomic mass is 9.82. The van der Waals surface area contributed by atoms with Gasteiger partial charge in [-0.25, -0.2) is 0 Å². The first-order valence-electron chi connectivity index (χ1n) is 7.91. The second kappa shape index (κ2) is 6.22. The molecule has 5 heteroatoms. The van der Waals surface area contributed by atoms with Crippen LogP contribution in [-0.2, 0) is 4.74 Å². The zero-order valence-electron chi connectivity index (χ0n) is 12.1. The lowest BCUT2D eigenvalue weighted by molar-refractivity contribution is -0.00145. The fourth-order valence-corrected chi connectivity index (χ4v) is 3.36. The summed E-state index contributed by atoms with van der Waals surface area (Å²) in [5.74, 6) is 2.13. The highest BCUT2D eigenvalue weighted by molar-refractivity contribution is 5.03. The molecular formula is C15H24N2O3.